The Morgan fingerprint density at radius 3 is 2.51 bits per heavy atom. The van der Waals surface area contributed by atoms with Crippen molar-refractivity contribution in [2.45, 2.75) is 25.7 Å². The molecule has 2 N–H and O–H groups in total. The predicted molar refractivity (Wildman–Crippen MR) is 127 cm³/mol. The third-order valence-corrected chi connectivity index (χ3v) is 5.94. The van der Waals surface area contributed by atoms with Crippen LogP contribution in [0.4, 0.5) is 8.78 Å². The SMILES string of the molecule is COc1cc(-n2c(C(C)(C)CC#N)c(-c3cc(O)cc(C(=O)O)c3)c3ccc(F)cc32)ccc1F. The van der Waals surface area contributed by atoms with Crippen molar-refractivity contribution in [2.75, 3.05) is 7.11 Å². The molecule has 3 aromatic carbocycles. The van der Waals surface area contributed by atoms with E-state index >= 15 is 0 Å². The maximum absolute atomic E-state index is 14.5. The molecule has 0 saturated heterocycles. The zero-order valence-electron chi connectivity index (χ0n) is 19.3. The van der Waals surface area contributed by atoms with E-state index in [0.717, 1.165) is 6.07 Å². The quantitative estimate of drug-likeness (QED) is 0.347. The maximum atomic E-state index is 14.5. The van der Waals surface area contributed by atoms with Crippen LogP contribution < -0.4 is 4.74 Å². The summed E-state index contributed by atoms with van der Waals surface area (Å²) in [6, 6.07) is 14.5. The number of phenols is 1. The summed E-state index contributed by atoms with van der Waals surface area (Å²) >= 11 is 0. The van der Waals surface area contributed by atoms with Gasteiger partial charge in [-0.1, -0.05) is 13.8 Å². The maximum Gasteiger partial charge on any atom is 0.335 e. The van der Waals surface area contributed by atoms with Gasteiger partial charge < -0.3 is 19.5 Å². The van der Waals surface area contributed by atoms with Crippen LogP contribution in [-0.2, 0) is 5.41 Å². The van der Waals surface area contributed by atoms with Crippen LogP contribution in [0.2, 0.25) is 0 Å². The molecule has 0 unspecified atom stereocenters. The Labute approximate surface area is 200 Å². The first-order valence-electron chi connectivity index (χ1n) is 10.7. The van der Waals surface area contributed by atoms with E-state index < -0.39 is 23.0 Å². The first-order valence-corrected chi connectivity index (χ1v) is 10.7. The number of methoxy groups -OCH3 is 1. The number of benzene rings is 3. The molecule has 35 heavy (non-hydrogen) atoms. The largest absolute Gasteiger partial charge is 0.508 e. The van der Waals surface area contributed by atoms with Crippen molar-refractivity contribution in [3.8, 4) is 34.4 Å². The van der Waals surface area contributed by atoms with Gasteiger partial charge in [-0.25, -0.2) is 13.6 Å². The number of fused-ring (bicyclic) bond motifs is 1. The summed E-state index contributed by atoms with van der Waals surface area (Å²) in [7, 11) is 1.34. The van der Waals surface area contributed by atoms with Crippen LogP contribution in [0.15, 0.2) is 54.6 Å². The number of phenolic OH excluding ortho intramolecular Hbond substituents is 1. The summed E-state index contributed by atoms with van der Waals surface area (Å²) < 4.78 is 35.6. The molecule has 0 aliphatic rings. The number of hydrogen-bond acceptors (Lipinski definition) is 4. The van der Waals surface area contributed by atoms with E-state index in [4.69, 9.17) is 4.74 Å². The van der Waals surface area contributed by atoms with Gasteiger partial charge in [-0.05, 0) is 54.1 Å². The lowest BCUT2D eigenvalue weighted by atomic mass is 9.81. The lowest BCUT2D eigenvalue weighted by Gasteiger charge is -2.27. The second-order valence-electron chi connectivity index (χ2n) is 8.83. The summed E-state index contributed by atoms with van der Waals surface area (Å²) in [6.07, 6.45) is 0.0712. The van der Waals surface area contributed by atoms with Crippen molar-refractivity contribution in [1.29, 1.82) is 5.26 Å². The summed E-state index contributed by atoms with van der Waals surface area (Å²) in [5, 5.41) is 30.0. The molecule has 0 atom stereocenters. The van der Waals surface area contributed by atoms with Crippen LogP contribution in [0.1, 0.15) is 36.3 Å². The fourth-order valence-corrected chi connectivity index (χ4v) is 4.41. The molecule has 0 fully saturated rings. The molecule has 4 aromatic rings. The average molecular weight is 476 g/mol. The molecule has 0 radical (unpaired) electrons. The van der Waals surface area contributed by atoms with Crippen LogP contribution in [0, 0.1) is 23.0 Å². The standard InChI is InChI=1S/C27H22F2N2O4/c1-27(2,8-9-30)25-24(15-10-16(26(33)34)12-19(32)11-15)20-6-4-17(28)13-22(20)31(25)18-5-7-21(29)23(14-18)35-3/h4-7,10-14,32H,8H2,1-3H3,(H,33,34). The molecule has 178 valence electrons. The Morgan fingerprint density at radius 1 is 1.11 bits per heavy atom. The van der Waals surface area contributed by atoms with E-state index in [0.29, 0.717) is 33.4 Å². The Morgan fingerprint density at radius 2 is 1.86 bits per heavy atom. The van der Waals surface area contributed by atoms with E-state index in [2.05, 4.69) is 6.07 Å². The highest BCUT2D eigenvalue weighted by atomic mass is 19.1. The second kappa shape index (κ2) is 8.76. The predicted octanol–water partition coefficient (Wildman–Crippen LogP) is 6.18. The molecule has 0 spiro atoms. The van der Waals surface area contributed by atoms with Crippen LogP contribution in [0.25, 0.3) is 27.7 Å². The van der Waals surface area contributed by atoms with Gasteiger partial charge in [-0.3, -0.25) is 0 Å². The first-order chi connectivity index (χ1) is 16.6. The van der Waals surface area contributed by atoms with Crippen molar-refractivity contribution in [3.63, 3.8) is 0 Å². The van der Waals surface area contributed by atoms with Gasteiger partial charge >= 0.3 is 5.97 Å². The van der Waals surface area contributed by atoms with Gasteiger partial charge in [0.2, 0.25) is 0 Å². The van der Waals surface area contributed by atoms with Gasteiger partial charge in [-0.15, -0.1) is 0 Å². The molecule has 0 aliphatic heterocycles. The topological polar surface area (TPSA) is 95.5 Å². The number of aromatic nitrogens is 1. The summed E-state index contributed by atoms with van der Waals surface area (Å²) in [5.74, 6) is -2.58. The fourth-order valence-electron chi connectivity index (χ4n) is 4.41. The first kappa shape index (κ1) is 23.8. The van der Waals surface area contributed by atoms with Crippen LogP contribution >= 0.6 is 0 Å². The zero-order valence-corrected chi connectivity index (χ0v) is 19.3. The molecule has 0 amide bonds. The minimum absolute atomic E-state index is 0.0168. The minimum Gasteiger partial charge on any atom is -0.508 e. The molecule has 0 saturated carbocycles. The van der Waals surface area contributed by atoms with Gasteiger partial charge in [0.25, 0.3) is 0 Å². The van der Waals surface area contributed by atoms with Gasteiger partial charge in [0.05, 0.1) is 24.3 Å². The number of rotatable bonds is 6. The number of aromatic hydroxyl groups is 1. The molecule has 1 heterocycles. The van der Waals surface area contributed by atoms with Gasteiger partial charge in [0.15, 0.2) is 11.6 Å². The molecular weight excluding hydrogens is 454 g/mol. The Hall–Kier alpha value is -4.38. The number of nitriles is 1. The van der Waals surface area contributed by atoms with Crippen molar-refractivity contribution in [3.05, 3.63) is 77.5 Å². The molecule has 0 bridgehead atoms. The highest BCUT2D eigenvalue weighted by molar-refractivity contribution is 6.01. The lowest BCUT2D eigenvalue weighted by Crippen LogP contribution is -2.22. The van der Waals surface area contributed by atoms with E-state index in [1.807, 2.05) is 13.8 Å². The number of aromatic carboxylic acids is 1. The van der Waals surface area contributed by atoms with Crippen LogP contribution in [0.5, 0.6) is 11.5 Å². The number of nitrogens with zero attached hydrogens (tertiary/aromatic N) is 2. The van der Waals surface area contributed by atoms with Crippen LogP contribution in [-0.4, -0.2) is 27.9 Å². The Bertz CT molecular complexity index is 1520. The minimum atomic E-state index is -1.22. The Kier molecular flexibility index (Phi) is 5.95. The Balaban J connectivity index is 2.22. The van der Waals surface area contributed by atoms with Crippen molar-refractivity contribution in [1.82, 2.24) is 4.57 Å². The smallest absolute Gasteiger partial charge is 0.335 e. The fraction of sp³-hybridized carbons (Fsp3) is 0.185. The van der Waals surface area contributed by atoms with E-state index in [9.17, 15) is 29.1 Å². The molecule has 6 nitrogen and oxygen atoms in total. The molecule has 0 aliphatic carbocycles. The molecule has 8 heteroatoms. The highest BCUT2D eigenvalue weighted by Crippen LogP contribution is 2.45. The number of carboxylic acids is 1. The third kappa shape index (κ3) is 4.17. The average Bonchev–Trinajstić information content (AvgIpc) is 3.14. The van der Waals surface area contributed by atoms with Crippen molar-refractivity contribution >= 4 is 16.9 Å². The molecule has 1 aromatic heterocycles. The van der Waals surface area contributed by atoms with E-state index in [-0.39, 0.29) is 23.5 Å². The number of hydrogen-bond donors (Lipinski definition) is 2. The molecular formula is C27H22F2N2O4. The number of ether oxygens (including phenoxy) is 1. The number of carbonyl (C=O) groups is 1. The summed E-state index contributed by atoms with van der Waals surface area (Å²) in [5.41, 5.74) is 1.41. The highest BCUT2D eigenvalue weighted by Gasteiger charge is 2.32. The van der Waals surface area contributed by atoms with Crippen molar-refractivity contribution in [2.24, 2.45) is 0 Å². The van der Waals surface area contributed by atoms with Crippen molar-refractivity contribution < 1.29 is 28.5 Å². The van der Waals surface area contributed by atoms with Crippen LogP contribution in [0.3, 0.4) is 0 Å². The lowest BCUT2D eigenvalue weighted by molar-refractivity contribution is 0.0696. The monoisotopic (exact) mass is 476 g/mol. The second-order valence-corrected chi connectivity index (χ2v) is 8.83. The normalized spacial score (nSPS) is 11.4. The van der Waals surface area contributed by atoms with E-state index in [1.165, 1.54) is 49.6 Å². The number of halogens is 2. The third-order valence-electron chi connectivity index (χ3n) is 5.94. The van der Waals surface area contributed by atoms with Gasteiger partial charge in [-0.2, -0.15) is 5.26 Å². The number of carboxylic acid groups (broad SMARTS) is 1. The van der Waals surface area contributed by atoms with Gasteiger partial charge in [0.1, 0.15) is 11.6 Å². The van der Waals surface area contributed by atoms with E-state index in [1.54, 1.807) is 10.6 Å². The molecule has 4 rings (SSSR count). The van der Waals surface area contributed by atoms with Gasteiger partial charge in [0, 0.05) is 40.2 Å². The summed E-state index contributed by atoms with van der Waals surface area (Å²) in [6.45, 7) is 3.67. The zero-order chi connectivity index (χ0) is 25.5. The summed E-state index contributed by atoms with van der Waals surface area (Å²) in [4.78, 5) is 11.7.